The molecule has 1 atom stereocenters. The van der Waals surface area contributed by atoms with Gasteiger partial charge in [-0.2, -0.15) is 0 Å². The number of hydrogen-bond donors (Lipinski definition) is 3. The Kier molecular flexibility index (Phi) is 7.23. The van der Waals surface area contributed by atoms with Crippen LogP contribution in [0.25, 0.3) is 0 Å². The molecule has 0 radical (unpaired) electrons. The van der Waals surface area contributed by atoms with Crippen LogP contribution >= 0.6 is 0 Å². The molecule has 18 heavy (non-hydrogen) atoms. The Balaban J connectivity index is 1.98. The van der Waals surface area contributed by atoms with Gasteiger partial charge >= 0.3 is 0 Å². The smallest absolute Gasteiger partial charge is 0.234 e. The van der Waals surface area contributed by atoms with E-state index in [1.165, 1.54) is 12.8 Å². The number of carbonyl (C=O) groups is 1. The Morgan fingerprint density at radius 2 is 2.06 bits per heavy atom. The summed E-state index contributed by atoms with van der Waals surface area (Å²) in [5.41, 5.74) is 0. The van der Waals surface area contributed by atoms with Gasteiger partial charge in [-0.05, 0) is 26.7 Å². The van der Waals surface area contributed by atoms with E-state index in [1.807, 2.05) is 13.8 Å². The van der Waals surface area contributed by atoms with Crippen molar-refractivity contribution in [1.29, 1.82) is 0 Å². The first kappa shape index (κ1) is 15.4. The molecule has 0 aromatic rings. The first-order chi connectivity index (χ1) is 8.58. The molecule has 3 N–H and O–H groups in total. The van der Waals surface area contributed by atoms with Crippen LogP contribution in [0.3, 0.4) is 0 Å². The third-order valence-corrected chi connectivity index (χ3v) is 2.94. The Hall–Kier alpha value is -0.650. The highest BCUT2D eigenvalue weighted by Gasteiger charge is 2.16. The summed E-state index contributed by atoms with van der Waals surface area (Å²) in [6, 6.07) is 0.148. The number of carbonyl (C=O) groups excluding carboxylic acids is 1. The van der Waals surface area contributed by atoms with Gasteiger partial charge in [0.05, 0.1) is 25.4 Å². The molecule has 0 saturated heterocycles. The highest BCUT2D eigenvalue weighted by molar-refractivity contribution is 5.78. The highest BCUT2D eigenvalue weighted by atomic mass is 16.5. The summed E-state index contributed by atoms with van der Waals surface area (Å²) in [7, 11) is 0. The summed E-state index contributed by atoms with van der Waals surface area (Å²) in [5.74, 6) is -0.0473. The fourth-order valence-corrected chi connectivity index (χ4v) is 2.09. The minimum Gasteiger partial charge on any atom is -0.389 e. The van der Waals surface area contributed by atoms with Crippen LogP contribution in [-0.2, 0) is 9.53 Å². The zero-order valence-electron chi connectivity index (χ0n) is 11.4. The molecular formula is C13H26N2O3. The molecule has 1 unspecified atom stereocenters. The minimum absolute atomic E-state index is 0.0473. The van der Waals surface area contributed by atoms with E-state index in [-0.39, 0.29) is 18.5 Å². The SMILES string of the molecule is CC(C)NC(=O)CNCC(O)COC1CCCC1. The van der Waals surface area contributed by atoms with Crippen molar-refractivity contribution in [2.45, 2.75) is 57.8 Å². The normalized spacial score (nSPS) is 18.2. The van der Waals surface area contributed by atoms with Crippen molar-refractivity contribution >= 4 is 5.91 Å². The monoisotopic (exact) mass is 258 g/mol. The van der Waals surface area contributed by atoms with Crippen LogP contribution in [0.5, 0.6) is 0 Å². The van der Waals surface area contributed by atoms with Crippen molar-refractivity contribution in [3.63, 3.8) is 0 Å². The van der Waals surface area contributed by atoms with Crippen LogP contribution in [-0.4, -0.2) is 49.0 Å². The lowest BCUT2D eigenvalue weighted by molar-refractivity contribution is -0.120. The second-order valence-electron chi connectivity index (χ2n) is 5.25. The third-order valence-electron chi connectivity index (χ3n) is 2.94. The second-order valence-corrected chi connectivity index (χ2v) is 5.25. The maximum absolute atomic E-state index is 11.3. The molecule has 106 valence electrons. The average Bonchev–Trinajstić information content (AvgIpc) is 2.78. The number of rotatable bonds is 8. The number of ether oxygens (including phenoxy) is 1. The van der Waals surface area contributed by atoms with Crippen LogP contribution in [0, 0.1) is 0 Å². The van der Waals surface area contributed by atoms with E-state index in [0.29, 0.717) is 19.3 Å². The minimum atomic E-state index is -0.544. The first-order valence-electron chi connectivity index (χ1n) is 6.87. The van der Waals surface area contributed by atoms with Gasteiger partial charge in [-0.1, -0.05) is 12.8 Å². The molecule has 0 spiro atoms. The first-order valence-corrected chi connectivity index (χ1v) is 6.87. The lowest BCUT2D eigenvalue weighted by Gasteiger charge is -2.16. The Morgan fingerprint density at radius 1 is 1.39 bits per heavy atom. The lowest BCUT2D eigenvalue weighted by atomic mass is 10.3. The molecule has 1 fully saturated rings. The van der Waals surface area contributed by atoms with Gasteiger partial charge in [-0.25, -0.2) is 0 Å². The van der Waals surface area contributed by atoms with E-state index < -0.39 is 6.10 Å². The molecule has 1 rings (SSSR count). The van der Waals surface area contributed by atoms with Crippen LogP contribution < -0.4 is 10.6 Å². The largest absolute Gasteiger partial charge is 0.389 e. The molecule has 0 aromatic heterocycles. The predicted octanol–water partition coefficient (Wildman–Crippen LogP) is 0.421. The molecule has 5 heteroatoms. The van der Waals surface area contributed by atoms with Crippen molar-refractivity contribution in [2.75, 3.05) is 19.7 Å². The van der Waals surface area contributed by atoms with Crippen LogP contribution in [0.1, 0.15) is 39.5 Å². The Bertz CT molecular complexity index is 240. The van der Waals surface area contributed by atoms with Gasteiger partial charge in [0, 0.05) is 12.6 Å². The second kappa shape index (κ2) is 8.45. The summed E-state index contributed by atoms with van der Waals surface area (Å²) in [6.45, 7) is 4.81. The summed E-state index contributed by atoms with van der Waals surface area (Å²) in [4.78, 5) is 11.3. The molecule has 1 amide bonds. The van der Waals surface area contributed by atoms with Gasteiger partial charge in [0.2, 0.25) is 5.91 Å². The lowest BCUT2D eigenvalue weighted by Crippen LogP contribution is -2.41. The molecule has 1 aliphatic rings. The summed E-state index contributed by atoms with van der Waals surface area (Å²) in [5, 5.41) is 15.4. The molecule has 0 aromatic carbocycles. The van der Waals surface area contributed by atoms with E-state index in [1.54, 1.807) is 0 Å². The quantitative estimate of drug-likeness (QED) is 0.590. The zero-order chi connectivity index (χ0) is 13.4. The molecule has 0 heterocycles. The number of nitrogens with one attached hydrogen (secondary N) is 2. The number of aliphatic hydroxyl groups is 1. The van der Waals surface area contributed by atoms with Crippen LogP contribution in [0.2, 0.25) is 0 Å². The van der Waals surface area contributed by atoms with E-state index in [2.05, 4.69) is 10.6 Å². The topological polar surface area (TPSA) is 70.6 Å². The maximum atomic E-state index is 11.3. The molecule has 1 saturated carbocycles. The van der Waals surface area contributed by atoms with Crippen LogP contribution in [0.4, 0.5) is 0 Å². The van der Waals surface area contributed by atoms with E-state index in [4.69, 9.17) is 4.74 Å². The van der Waals surface area contributed by atoms with Crippen LogP contribution in [0.15, 0.2) is 0 Å². The standard InChI is InChI=1S/C13H26N2O3/c1-10(2)15-13(17)8-14-7-11(16)9-18-12-5-3-4-6-12/h10-12,14,16H,3-9H2,1-2H3,(H,15,17). The van der Waals surface area contributed by atoms with Gasteiger partial charge < -0.3 is 20.5 Å². The van der Waals surface area contributed by atoms with Gasteiger partial charge in [-0.15, -0.1) is 0 Å². The average molecular weight is 258 g/mol. The number of amides is 1. The fraction of sp³-hybridized carbons (Fsp3) is 0.923. The van der Waals surface area contributed by atoms with E-state index >= 15 is 0 Å². The molecule has 5 nitrogen and oxygen atoms in total. The number of hydrogen-bond acceptors (Lipinski definition) is 4. The van der Waals surface area contributed by atoms with Crippen molar-refractivity contribution < 1.29 is 14.6 Å². The zero-order valence-corrected chi connectivity index (χ0v) is 11.4. The summed E-state index contributed by atoms with van der Waals surface area (Å²) in [6.07, 6.45) is 4.46. The Labute approximate surface area is 109 Å². The van der Waals surface area contributed by atoms with Crippen molar-refractivity contribution in [3.05, 3.63) is 0 Å². The van der Waals surface area contributed by atoms with Gasteiger partial charge in [0.25, 0.3) is 0 Å². The van der Waals surface area contributed by atoms with Gasteiger partial charge in [-0.3, -0.25) is 4.79 Å². The van der Waals surface area contributed by atoms with Crippen molar-refractivity contribution in [3.8, 4) is 0 Å². The fourth-order valence-electron chi connectivity index (χ4n) is 2.09. The maximum Gasteiger partial charge on any atom is 0.234 e. The van der Waals surface area contributed by atoms with E-state index in [0.717, 1.165) is 12.8 Å². The van der Waals surface area contributed by atoms with Gasteiger partial charge in [0.15, 0.2) is 0 Å². The van der Waals surface area contributed by atoms with Crippen molar-refractivity contribution in [2.24, 2.45) is 0 Å². The van der Waals surface area contributed by atoms with Crippen molar-refractivity contribution in [1.82, 2.24) is 10.6 Å². The van der Waals surface area contributed by atoms with Gasteiger partial charge in [0.1, 0.15) is 0 Å². The highest BCUT2D eigenvalue weighted by Crippen LogP contribution is 2.20. The molecule has 0 bridgehead atoms. The molecular weight excluding hydrogens is 232 g/mol. The van der Waals surface area contributed by atoms with E-state index in [9.17, 15) is 9.90 Å². The number of aliphatic hydroxyl groups excluding tert-OH is 1. The summed E-state index contributed by atoms with van der Waals surface area (Å²) >= 11 is 0. The third kappa shape index (κ3) is 6.93. The predicted molar refractivity (Wildman–Crippen MR) is 70.4 cm³/mol. The molecule has 0 aliphatic heterocycles. The molecule has 1 aliphatic carbocycles. The Morgan fingerprint density at radius 3 is 2.67 bits per heavy atom. The summed E-state index contributed by atoms with van der Waals surface area (Å²) < 4.78 is 5.60.